The minimum atomic E-state index is -0.277. The Balaban J connectivity index is 2.41. The van der Waals surface area contributed by atoms with E-state index in [1.54, 1.807) is 0 Å². The van der Waals surface area contributed by atoms with Gasteiger partial charge in [-0.15, -0.1) is 0 Å². The highest BCUT2D eigenvalue weighted by atomic mass is 16.3. The molecule has 72 valence electrons. The van der Waals surface area contributed by atoms with Gasteiger partial charge in [0, 0.05) is 0 Å². The molecule has 0 aromatic heterocycles. The Labute approximate surface area is 70.6 Å². The molecule has 12 heavy (non-hydrogen) atoms. The van der Waals surface area contributed by atoms with Crippen LogP contribution in [-0.4, -0.2) is 53.6 Å². The molecule has 0 amide bonds. The van der Waals surface area contributed by atoms with Gasteiger partial charge in [0.15, 0.2) is 0 Å². The average molecular weight is 177 g/mol. The van der Waals surface area contributed by atoms with Gasteiger partial charge in [0.05, 0.1) is 38.3 Å². The first-order valence-electron chi connectivity index (χ1n) is 3.91. The largest absolute Gasteiger partial charge is 0.393 e. The summed E-state index contributed by atoms with van der Waals surface area (Å²) in [5.74, 6) is 0. The van der Waals surface area contributed by atoms with E-state index in [1.165, 1.54) is 0 Å². The summed E-state index contributed by atoms with van der Waals surface area (Å²) in [6, 6.07) is 0. The van der Waals surface area contributed by atoms with Crippen molar-refractivity contribution in [3.63, 3.8) is 0 Å². The van der Waals surface area contributed by atoms with Gasteiger partial charge >= 0.3 is 0 Å². The van der Waals surface area contributed by atoms with E-state index in [4.69, 9.17) is 15.3 Å². The second-order valence-corrected chi connectivity index (χ2v) is 2.71. The van der Waals surface area contributed by atoms with Gasteiger partial charge in [-0.05, 0) is 0 Å². The molecule has 1 aliphatic rings. The third-order valence-electron chi connectivity index (χ3n) is 1.75. The van der Waals surface area contributed by atoms with Crippen LogP contribution in [0.5, 0.6) is 0 Å². The Morgan fingerprint density at radius 2 is 0.917 bits per heavy atom. The van der Waals surface area contributed by atoms with E-state index in [-0.39, 0.29) is 38.3 Å². The lowest BCUT2D eigenvalue weighted by molar-refractivity contribution is 0.0774. The highest BCUT2D eigenvalue weighted by Crippen LogP contribution is 1.92. The van der Waals surface area contributed by atoms with Crippen molar-refractivity contribution >= 4 is 0 Å². The van der Waals surface area contributed by atoms with Crippen molar-refractivity contribution in [2.75, 3.05) is 19.8 Å². The van der Waals surface area contributed by atoms with Gasteiger partial charge in [0.25, 0.3) is 0 Å². The van der Waals surface area contributed by atoms with E-state index in [0.29, 0.717) is 0 Å². The minimum Gasteiger partial charge on any atom is -0.393 e. The molecule has 0 spiro atoms. The van der Waals surface area contributed by atoms with E-state index in [2.05, 4.69) is 16.0 Å². The summed E-state index contributed by atoms with van der Waals surface area (Å²) >= 11 is 0. The summed E-state index contributed by atoms with van der Waals surface area (Å²) < 4.78 is 0. The predicted molar refractivity (Wildman–Crippen MR) is 42.0 cm³/mol. The summed E-state index contributed by atoms with van der Waals surface area (Å²) in [7, 11) is 0. The molecule has 0 bridgehead atoms. The van der Waals surface area contributed by atoms with Gasteiger partial charge in [-0.2, -0.15) is 0 Å². The van der Waals surface area contributed by atoms with Crippen LogP contribution in [0.3, 0.4) is 0 Å². The third kappa shape index (κ3) is 2.37. The summed E-state index contributed by atoms with van der Waals surface area (Å²) in [6.45, 7) is -0.224. The maximum atomic E-state index is 8.80. The molecular formula is C6H15N3O3. The van der Waals surface area contributed by atoms with Gasteiger partial charge in [-0.1, -0.05) is 0 Å². The van der Waals surface area contributed by atoms with Gasteiger partial charge < -0.3 is 15.3 Å². The molecule has 0 saturated carbocycles. The molecule has 0 aromatic rings. The fraction of sp³-hybridized carbons (Fsp3) is 1.00. The van der Waals surface area contributed by atoms with Crippen molar-refractivity contribution in [3.05, 3.63) is 0 Å². The number of hydrogen-bond acceptors (Lipinski definition) is 6. The molecule has 0 aliphatic carbocycles. The first kappa shape index (κ1) is 9.85. The zero-order chi connectivity index (χ0) is 8.97. The van der Waals surface area contributed by atoms with Crippen molar-refractivity contribution in [2.24, 2.45) is 0 Å². The lowest BCUT2D eigenvalue weighted by Crippen LogP contribution is -2.70. The first-order chi connectivity index (χ1) is 5.80. The number of aliphatic hydroxyl groups is 3. The molecule has 1 fully saturated rings. The summed E-state index contributed by atoms with van der Waals surface area (Å²) in [6.07, 6.45) is -0.832. The van der Waals surface area contributed by atoms with Crippen molar-refractivity contribution in [1.82, 2.24) is 16.0 Å². The second-order valence-electron chi connectivity index (χ2n) is 2.71. The monoisotopic (exact) mass is 177 g/mol. The first-order valence-corrected chi connectivity index (χ1v) is 3.91. The second kappa shape index (κ2) is 4.70. The van der Waals surface area contributed by atoms with E-state index >= 15 is 0 Å². The molecular weight excluding hydrogens is 162 g/mol. The van der Waals surface area contributed by atoms with Crippen LogP contribution in [0.25, 0.3) is 0 Å². The predicted octanol–water partition coefficient (Wildman–Crippen LogP) is -3.28. The quantitative estimate of drug-likeness (QED) is 0.271. The van der Waals surface area contributed by atoms with Crippen LogP contribution in [0.2, 0.25) is 0 Å². The van der Waals surface area contributed by atoms with Gasteiger partial charge in [-0.3, -0.25) is 16.0 Å². The molecule has 0 unspecified atom stereocenters. The van der Waals surface area contributed by atoms with Crippen LogP contribution in [0.15, 0.2) is 0 Å². The number of nitrogens with one attached hydrogen (secondary N) is 3. The van der Waals surface area contributed by atoms with Crippen molar-refractivity contribution in [2.45, 2.75) is 18.5 Å². The third-order valence-corrected chi connectivity index (χ3v) is 1.75. The van der Waals surface area contributed by atoms with Crippen molar-refractivity contribution in [1.29, 1.82) is 0 Å². The molecule has 1 saturated heterocycles. The Kier molecular flexibility index (Phi) is 3.86. The van der Waals surface area contributed by atoms with E-state index < -0.39 is 0 Å². The van der Waals surface area contributed by atoms with Crippen LogP contribution in [0.1, 0.15) is 0 Å². The molecule has 1 aliphatic heterocycles. The van der Waals surface area contributed by atoms with Crippen LogP contribution in [-0.2, 0) is 0 Å². The maximum Gasteiger partial charge on any atom is 0.0835 e. The van der Waals surface area contributed by atoms with E-state index in [9.17, 15) is 0 Å². The average Bonchev–Trinajstić information content (AvgIpc) is 2.16. The van der Waals surface area contributed by atoms with Crippen LogP contribution in [0.4, 0.5) is 0 Å². The van der Waals surface area contributed by atoms with Gasteiger partial charge in [-0.25, -0.2) is 0 Å². The molecule has 0 atom stereocenters. The van der Waals surface area contributed by atoms with Crippen molar-refractivity contribution < 1.29 is 15.3 Å². The Hall–Kier alpha value is -0.240. The van der Waals surface area contributed by atoms with Crippen molar-refractivity contribution in [3.8, 4) is 0 Å². The smallest absolute Gasteiger partial charge is 0.0835 e. The maximum absolute atomic E-state index is 8.80. The summed E-state index contributed by atoms with van der Waals surface area (Å²) in [5, 5.41) is 35.1. The molecule has 1 rings (SSSR count). The number of rotatable bonds is 3. The normalized spacial score (nSPS) is 36.8. The Morgan fingerprint density at radius 3 is 1.08 bits per heavy atom. The number of aliphatic hydroxyl groups excluding tert-OH is 3. The highest BCUT2D eigenvalue weighted by Gasteiger charge is 2.24. The van der Waals surface area contributed by atoms with Crippen LogP contribution >= 0.6 is 0 Å². The highest BCUT2D eigenvalue weighted by molar-refractivity contribution is 4.81. The molecule has 6 heteroatoms. The zero-order valence-electron chi connectivity index (χ0n) is 6.70. The minimum absolute atomic E-state index is 0.0747. The SMILES string of the molecule is OCC1NC(CO)NC(CO)N1. The van der Waals surface area contributed by atoms with Gasteiger partial charge in [0.2, 0.25) is 0 Å². The Bertz CT molecular complexity index is 105. The standard InChI is InChI=1S/C6H15N3O3/c10-1-4-7-5(2-11)9-6(3-12)8-4/h4-12H,1-3H2. The fourth-order valence-corrected chi connectivity index (χ4v) is 1.19. The molecule has 0 radical (unpaired) electrons. The van der Waals surface area contributed by atoms with Crippen LogP contribution in [0, 0.1) is 0 Å². The van der Waals surface area contributed by atoms with Crippen LogP contribution < -0.4 is 16.0 Å². The fourth-order valence-electron chi connectivity index (χ4n) is 1.19. The summed E-state index contributed by atoms with van der Waals surface area (Å²) in [4.78, 5) is 0. The zero-order valence-corrected chi connectivity index (χ0v) is 6.70. The van der Waals surface area contributed by atoms with Gasteiger partial charge in [0.1, 0.15) is 0 Å². The Morgan fingerprint density at radius 1 is 0.667 bits per heavy atom. The van der Waals surface area contributed by atoms with E-state index in [1.807, 2.05) is 0 Å². The molecule has 0 aromatic carbocycles. The summed E-state index contributed by atoms with van der Waals surface area (Å²) in [5.41, 5.74) is 0. The number of hydrogen-bond donors (Lipinski definition) is 6. The molecule has 6 N–H and O–H groups in total. The lowest BCUT2D eigenvalue weighted by Gasteiger charge is -2.36. The topological polar surface area (TPSA) is 96.8 Å². The molecule has 6 nitrogen and oxygen atoms in total. The molecule has 1 heterocycles. The van der Waals surface area contributed by atoms with E-state index in [0.717, 1.165) is 0 Å². The lowest BCUT2D eigenvalue weighted by atomic mass is 10.3.